The number of carbonyl (C=O) groups excluding carboxylic acids is 1. The zero-order chi connectivity index (χ0) is 15.1. The molecule has 0 heterocycles. The number of halogens is 1. The van der Waals surface area contributed by atoms with E-state index in [2.05, 4.69) is 10.3 Å². The van der Waals surface area contributed by atoms with E-state index in [0.717, 1.165) is 0 Å². The second-order valence-corrected chi connectivity index (χ2v) is 5.62. The van der Waals surface area contributed by atoms with Gasteiger partial charge in [0.1, 0.15) is 0 Å². The maximum atomic E-state index is 11.5. The molecular weight excluding hydrogens is 257 g/mol. The maximum Gasteiger partial charge on any atom is 0.405 e. The maximum absolute atomic E-state index is 11.5. The van der Waals surface area contributed by atoms with E-state index in [0.29, 0.717) is 19.4 Å². The molecule has 0 aliphatic carbocycles. The average Bonchev–Trinajstić information content (AvgIpc) is 2.23. The monoisotopic (exact) mass is 279 g/mol. The van der Waals surface area contributed by atoms with Gasteiger partial charge < -0.3 is 15.2 Å². The van der Waals surface area contributed by atoms with Crippen LogP contribution in [0.5, 0.6) is 0 Å². The Morgan fingerprint density at radius 3 is 2.26 bits per heavy atom. The lowest BCUT2D eigenvalue weighted by Crippen LogP contribution is -2.44. The Kier molecular flexibility index (Phi) is 6.75. The standard InChI is InChI=1S/C12H22FNO5/c1-11(2,14-10(16)17)7-8-18-12(3,4)6-5-9(15)19-13/h14H,5-8H2,1-4H3,(H,16,17). The minimum absolute atomic E-state index is 0.0692. The first-order chi connectivity index (χ1) is 8.58. The van der Waals surface area contributed by atoms with E-state index >= 15 is 0 Å². The number of carbonyl (C=O) groups is 2. The second-order valence-electron chi connectivity index (χ2n) is 5.62. The van der Waals surface area contributed by atoms with E-state index < -0.39 is 23.2 Å². The molecule has 0 saturated heterocycles. The number of nitrogens with one attached hydrogen (secondary N) is 1. The predicted molar refractivity (Wildman–Crippen MR) is 66.3 cm³/mol. The summed E-state index contributed by atoms with van der Waals surface area (Å²) in [4.78, 5) is 24.3. The van der Waals surface area contributed by atoms with Crippen LogP contribution < -0.4 is 5.32 Å². The zero-order valence-electron chi connectivity index (χ0n) is 11.8. The first-order valence-corrected chi connectivity index (χ1v) is 6.04. The Hall–Kier alpha value is -1.37. The number of carboxylic acid groups (broad SMARTS) is 1. The highest BCUT2D eigenvalue weighted by Gasteiger charge is 2.24. The van der Waals surface area contributed by atoms with Crippen LogP contribution in [0.15, 0.2) is 0 Å². The molecule has 0 aliphatic rings. The smallest absolute Gasteiger partial charge is 0.405 e. The van der Waals surface area contributed by atoms with Gasteiger partial charge in [0.05, 0.1) is 12.0 Å². The molecule has 7 heteroatoms. The molecule has 0 aromatic carbocycles. The van der Waals surface area contributed by atoms with E-state index in [9.17, 15) is 14.1 Å². The van der Waals surface area contributed by atoms with Gasteiger partial charge in [-0.05, 0) is 40.5 Å². The summed E-state index contributed by atoms with van der Waals surface area (Å²) >= 11 is 0. The van der Waals surface area contributed by atoms with Crippen LogP contribution in [0.2, 0.25) is 0 Å². The molecule has 2 N–H and O–H groups in total. The van der Waals surface area contributed by atoms with Crippen molar-refractivity contribution in [1.82, 2.24) is 5.32 Å². The fraction of sp³-hybridized carbons (Fsp3) is 0.833. The summed E-state index contributed by atoms with van der Waals surface area (Å²) in [5.41, 5.74) is -1.20. The first-order valence-electron chi connectivity index (χ1n) is 6.04. The third-order valence-corrected chi connectivity index (χ3v) is 2.68. The van der Waals surface area contributed by atoms with Gasteiger partial charge in [0, 0.05) is 16.7 Å². The van der Waals surface area contributed by atoms with Crippen molar-refractivity contribution in [2.75, 3.05) is 6.61 Å². The van der Waals surface area contributed by atoms with Gasteiger partial charge in [-0.2, -0.15) is 0 Å². The summed E-state index contributed by atoms with van der Waals surface area (Å²) in [6, 6.07) is 0. The van der Waals surface area contributed by atoms with Crippen molar-refractivity contribution in [3.63, 3.8) is 0 Å². The number of rotatable bonds is 8. The van der Waals surface area contributed by atoms with E-state index in [4.69, 9.17) is 9.84 Å². The van der Waals surface area contributed by atoms with Crippen LogP contribution in [-0.4, -0.2) is 34.9 Å². The molecule has 6 nitrogen and oxygen atoms in total. The molecule has 1 amide bonds. The first kappa shape index (κ1) is 17.6. The molecule has 0 aromatic heterocycles. The van der Waals surface area contributed by atoms with E-state index in [1.165, 1.54) is 0 Å². The highest BCUT2D eigenvalue weighted by molar-refractivity contribution is 5.68. The average molecular weight is 279 g/mol. The minimum Gasteiger partial charge on any atom is -0.465 e. The lowest BCUT2D eigenvalue weighted by Gasteiger charge is -2.29. The van der Waals surface area contributed by atoms with E-state index in [1.54, 1.807) is 27.7 Å². The van der Waals surface area contributed by atoms with Crippen LogP contribution in [0, 0.1) is 0 Å². The topological polar surface area (TPSA) is 84.9 Å². The zero-order valence-corrected chi connectivity index (χ0v) is 11.8. The van der Waals surface area contributed by atoms with Crippen LogP contribution in [0.3, 0.4) is 0 Å². The molecular formula is C12H22FNO5. The molecule has 0 rings (SSSR count). The molecule has 0 fully saturated rings. The molecule has 0 saturated carbocycles. The number of hydrogen-bond acceptors (Lipinski definition) is 4. The summed E-state index contributed by atoms with van der Waals surface area (Å²) < 4.78 is 17.1. The quantitative estimate of drug-likeness (QED) is 0.712. The van der Waals surface area contributed by atoms with Gasteiger partial charge in [0.15, 0.2) is 0 Å². The highest BCUT2D eigenvalue weighted by atomic mass is 19.3. The second kappa shape index (κ2) is 7.28. The summed E-state index contributed by atoms with van der Waals surface area (Å²) in [5, 5.41) is 11.0. The Morgan fingerprint density at radius 1 is 1.21 bits per heavy atom. The fourth-order valence-corrected chi connectivity index (χ4v) is 1.45. The Morgan fingerprint density at radius 2 is 1.79 bits per heavy atom. The van der Waals surface area contributed by atoms with Gasteiger partial charge >= 0.3 is 12.1 Å². The van der Waals surface area contributed by atoms with Gasteiger partial charge in [-0.15, -0.1) is 0 Å². The van der Waals surface area contributed by atoms with Crippen molar-refractivity contribution in [3.8, 4) is 0 Å². The molecule has 112 valence electrons. The van der Waals surface area contributed by atoms with Crippen LogP contribution in [0.25, 0.3) is 0 Å². The van der Waals surface area contributed by atoms with Crippen molar-refractivity contribution in [2.24, 2.45) is 0 Å². The largest absolute Gasteiger partial charge is 0.465 e. The predicted octanol–water partition coefficient (Wildman–Crippen LogP) is 2.43. The van der Waals surface area contributed by atoms with Gasteiger partial charge in [0.2, 0.25) is 0 Å². The lowest BCUT2D eigenvalue weighted by atomic mass is 10.00. The van der Waals surface area contributed by atoms with Crippen molar-refractivity contribution < 1.29 is 28.9 Å². The molecule has 0 aliphatic heterocycles. The normalized spacial score (nSPS) is 12.1. The number of amides is 1. The Balaban J connectivity index is 4.03. The molecule has 0 aromatic rings. The Bertz CT molecular complexity index is 317. The van der Waals surface area contributed by atoms with Gasteiger partial charge in [-0.3, -0.25) is 4.94 Å². The lowest BCUT2D eigenvalue weighted by molar-refractivity contribution is -0.185. The summed E-state index contributed by atoms with van der Waals surface area (Å²) in [6.07, 6.45) is -0.353. The molecule has 19 heavy (non-hydrogen) atoms. The van der Waals surface area contributed by atoms with Crippen molar-refractivity contribution in [3.05, 3.63) is 0 Å². The third-order valence-electron chi connectivity index (χ3n) is 2.68. The third kappa shape index (κ3) is 9.24. The Labute approximate surface area is 112 Å². The van der Waals surface area contributed by atoms with Crippen LogP contribution >= 0.6 is 0 Å². The van der Waals surface area contributed by atoms with Crippen molar-refractivity contribution in [2.45, 2.75) is 58.1 Å². The van der Waals surface area contributed by atoms with Crippen molar-refractivity contribution >= 4 is 12.1 Å². The van der Waals surface area contributed by atoms with Gasteiger partial charge in [-0.25, -0.2) is 9.59 Å². The van der Waals surface area contributed by atoms with Gasteiger partial charge in [0.25, 0.3) is 0 Å². The number of hydrogen-bond donors (Lipinski definition) is 2. The highest BCUT2D eigenvalue weighted by Crippen LogP contribution is 2.19. The summed E-state index contributed by atoms with van der Waals surface area (Å²) in [7, 11) is 0. The fourth-order valence-electron chi connectivity index (χ4n) is 1.45. The SMILES string of the molecule is CC(C)(CCOC(C)(C)CCC(=O)OF)NC(=O)O. The van der Waals surface area contributed by atoms with E-state index in [1.807, 2.05) is 0 Å². The van der Waals surface area contributed by atoms with Gasteiger partial charge in [-0.1, -0.05) is 0 Å². The minimum atomic E-state index is -1.09. The van der Waals surface area contributed by atoms with Crippen molar-refractivity contribution in [1.29, 1.82) is 0 Å². The number of ether oxygens (including phenoxy) is 1. The summed E-state index contributed by atoms with van der Waals surface area (Å²) in [6.45, 7) is 7.37. The molecule has 0 unspecified atom stereocenters. The van der Waals surface area contributed by atoms with Crippen LogP contribution in [-0.2, 0) is 14.5 Å². The molecule has 0 bridgehead atoms. The van der Waals surface area contributed by atoms with Crippen LogP contribution in [0.1, 0.15) is 47.0 Å². The molecule has 0 radical (unpaired) electrons. The van der Waals surface area contributed by atoms with Crippen LogP contribution in [0.4, 0.5) is 9.32 Å². The molecule has 0 spiro atoms. The molecule has 0 atom stereocenters. The van der Waals surface area contributed by atoms with E-state index in [-0.39, 0.29) is 6.42 Å². The summed E-state index contributed by atoms with van der Waals surface area (Å²) in [5.74, 6) is -0.926.